The molecular formula is C11H19NO2. The Morgan fingerprint density at radius 2 is 2.07 bits per heavy atom. The second kappa shape index (κ2) is 5.83. The van der Waals surface area contributed by atoms with Crippen molar-refractivity contribution in [1.82, 2.24) is 4.90 Å². The maximum absolute atomic E-state index is 5.66. The summed E-state index contributed by atoms with van der Waals surface area (Å²) < 4.78 is 11.0. The van der Waals surface area contributed by atoms with E-state index in [2.05, 4.69) is 18.7 Å². The van der Waals surface area contributed by atoms with E-state index in [0.29, 0.717) is 6.61 Å². The molecule has 1 aromatic heterocycles. The molecule has 0 aliphatic carbocycles. The molecule has 0 amide bonds. The van der Waals surface area contributed by atoms with Gasteiger partial charge in [-0.05, 0) is 32.1 Å². The lowest BCUT2D eigenvalue weighted by Crippen LogP contribution is -2.30. The van der Waals surface area contributed by atoms with Crippen LogP contribution in [0.1, 0.15) is 32.8 Å². The van der Waals surface area contributed by atoms with Crippen LogP contribution < -0.4 is 0 Å². The largest absolute Gasteiger partial charge is 0.465 e. The summed E-state index contributed by atoms with van der Waals surface area (Å²) in [6.07, 6.45) is 1.65. The first-order valence-corrected chi connectivity index (χ1v) is 5.22. The molecule has 80 valence electrons. The van der Waals surface area contributed by atoms with E-state index in [4.69, 9.17) is 9.15 Å². The molecule has 14 heavy (non-hydrogen) atoms. The summed E-state index contributed by atoms with van der Waals surface area (Å²) in [5, 5.41) is 0. The Hall–Kier alpha value is -0.800. The first-order valence-electron chi connectivity index (χ1n) is 5.22. The van der Waals surface area contributed by atoms with Gasteiger partial charge in [-0.1, -0.05) is 13.8 Å². The van der Waals surface area contributed by atoms with Crippen LogP contribution in [0.3, 0.4) is 0 Å². The van der Waals surface area contributed by atoms with Crippen LogP contribution in [-0.4, -0.2) is 24.6 Å². The summed E-state index contributed by atoms with van der Waals surface area (Å²) in [5.41, 5.74) is 0. The SMILES string of the molecule is CCOC(c1ccco1)N(CC)CC. The molecule has 0 aliphatic rings. The maximum Gasteiger partial charge on any atom is 0.169 e. The number of hydrogen-bond donors (Lipinski definition) is 0. The van der Waals surface area contributed by atoms with Gasteiger partial charge in [-0.2, -0.15) is 0 Å². The van der Waals surface area contributed by atoms with Gasteiger partial charge in [0.05, 0.1) is 6.26 Å². The minimum Gasteiger partial charge on any atom is -0.465 e. The second-order valence-corrected chi connectivity index (χ2v) is 3.04. The highest BCUT2D eigenvalue weighted by Crippen LogP contribution is 2.21. The third kappa shape index (κ3) is 2.59. The molecule has 0 radical (unpaired) electrons. The van der Waals surface area contributed by atoms with Gasteiger partial charge < -0.3 is 9.15 Å². The number of furan rings is 1. The molecule has 0 saturated carbocycles. The molecule has 0 aliphatic heterocycles. The van der Waals surface area contributed by atoms with Crippen LogP contribution >= 0.6 is 0 Å². The fourth-order valence-corrected chi connectivity index (χ4v) is 1.51. The Morgan fingerprint density at radius 1 is 1.36 bits per heavy atom. The number of hydrogen-bond acceptors (Lipinski definition) is 3. The predicted octanol–water partition coefficient (Wildman–Crippen LogP) is 2.66. The topological polar surface area (TPSA) is 25.6 Å². The quantitative estimate of drug-likeness (QED) is 0.656. The van der Waals surface area contributed by atoms with Crippen LogP contribution in [0, 0.1) is 0 Å². The van der Waals surface area contributed by atoms with Crippen molar-refractivity contribution in [3.8, 4) is 0 Å². The lowest BCUT2D eigenvalue weighted by atomic mass is 10.3. The van der Waals surface area contributed by atoms with Crippen LogP contribution in [-0.2, 0) is 4.74 Å². The zero-order valence-electron chi connectivity index (χ0n) is 9.19. The van der Waals surface area contributed by atoms with E-state index in [0.717, 1.165) is 18.8 Å². The van der Waals surface area contributed by atoms with Gasteiger partial charge in [-0.15, -0.1) is 0 Å². The summed E-state index contributed by atoms with van der Waals surface area (Å²) in [6.45, 7) is 8.86. The molecule has 1 aromatic rings. The molecule has 1 rings (SSSR count). The van der Waals surface area contributed by atoms with Gasteiger partial charge >= 0.3 is 0 Å². The third-order valence-corrected chi connectivity index (χ3v) is 2.26. The van der Waals surface area contributed by atoms with E-state index in [1.54, 1.807) is 6.26 Å². The molecular weight excluding hydrogens is 178 g/mol. The van der Waals surface area contributed by atoms with Crippen molar-refractivity contribution in [3.63, 3.8) is 0 Å². The summed E-state index contributed by atoms with van der Waals surface area (Å²) in [6, 6.07) is 3.85. The fourth-order valence-electron chi connectivity index (χ4n) is 1.51. The standard InChI is InChI=1S/C11H19NO2/c1-4-12(5-2)11(13-6-3)10-8-7-9-14-10/h7-9,11H,4-6H2,1-3H3. The van der Waals surface area contributed by atoms with Gasteiger partial charge in [0.15, 0.2) is 6.23 Å². The summed E-state index contributed by atoms with van der Waals surface area (Å²) >= 11 is 0. The first-order chi connectivity index (χ1) is 6.83. The maximum atomic E-state index is 5.66. The van der Waals surface area contributed by atoms with Crippen molar-refractivity contribution in [2.45, 2.75) is 27.0 Å². The molecule has 3 nitrogen and oxygen atoms in total. The first kappa shape index (κ1) is 11.3. The lowest BCUT2D eigenvalue weighted by Gasteiger charge is -2.27. The van der Waals surface area contributed by atoms with E-state index in [9.17, 15) is 0 Å². The van der Waals surface area contributed by atoms with Crippen molar-refractivity contribution in [2.75, 3.05) is 19.7 Å². The van der Waals surface area contributed by atoms with Crippen LogP contribution in [0.2, 0.25) is 0 Å². The highest BCUT2D eigenvalue weighted by molar-refractivity contribution is 5.01. The van der Waals surface area contributed by atoms with Gasteiger partial charge in [-0.25, -0.2) is 0 Å². The average molecular weight is 197 g/mol. The number of ether oxygens (including phenoxy) is 1. The molecule has 0 bridgehead atoms. The van der Waals surface area contributed by atoms with E-state index >= 15 is 0 Å². The van der Waals surface area contributed by atoms with Crippen molar-refractivity contribution < 1.29 is 9.15 Å². The Morgan fingerprint density at radius 3 is 2.50 bits per heavy atom. The molecule has 1 heterocycles. The van der Waals surface area contributed by atoms with Gasteiger partial charge in [-0.3, -0.25) is 4.90 Å². The molecule has 0 aromatic carbocycles. The summed E-state index contributed by atoms with van der Waals surface area (Å²) in [4.78, 5) is 2.22. The summed E-state index contributed by atoms with van der Waals surface area (Å²) in [7, 11) is 0. The van der Waals surface area contributed by atoms with E-state index in [-0.39, 0.29) is 6.23 Å². The molecule has 0 fully saturated rings. The zero-order valence-corrected chi connectivity index (χ0v) is 9.19. The Bertz CT molecular complexity index is 229. The molecule has 0 saturated heterocycles. The van der Waals surface area contributed by atoms with Crippen LogP contribution in [0.5, 0.6) is 0 Å². The van der Waals surface area contributed by atoms with Crippen molar-refractivity contribution in [1.29, 1.82) is 0 Å². The van der Waals surface area contributed by atoms with Gasteiger partial charge in [0.25, 0.3) is 0 Å². The highest BCUT2D eigenvalue weighted by Gasteiger charge is 2.19. The summed E-state index contributed by atoms with van der Waals surface area (Å²) in [5.74, 6) is 0.885. The van der Waals surface area contributed by atoms with E-state index < -0.39 is 0 Å². The molecule has 0 spiro atoms. The van der Waals surface area contributed by atoms with Crippen molar-refractivity contribution in [2.24, 2.45) is 0 Å². The fraction of sp³-hybridized carbons (Fsp3) is 0.636. The predicted molar refractivity (Wildman–Crippen MR) is 56.0 cm³/mol. The molecule has 3 heteroatoms. The molecule has 1 unspecified atom stereocenters. The van der Waals surface area contributed by atoms with Gasteiger partial charge in [0.2, 0.25) is 0 Å². The van der Waals surface area contributed by atoms with E-state index in [1.165, 1.54) is 0 Å². The minimum atomic E-state index is -0.0370. The average Bonchev–Trinajstić information content (AvgIpc) is 2.71. The van der Waals surface area contributed by atoms with Gasteiger partial charge in [0.1, 0.15) is 5.76 Å². The van der Waals surface area contributed by atoms with Crippen LogP contribution in [0.25, 0.3) is 0 Å². The Balaban J connectivity index is 2.72. The molecule has 0 N–H and O–H groups in total. The van der Waals surface area contributed by atoms with Crippen LogP contribution in [0.4, 0.5) is 0 Å². The van der Waals surface area contributed by atoms with Crippen molar-refractivity contribution >= 4 is 0 Å². The monoisotopic (exact) mass is 197 g/mol. The normalized spacial score (nSPS) is 13.4. The second-order valence-electron chi connectivity index (χ2n) is 3.04. The van der Waals surface area contributed by atoms with Crippen LogP contribution in [0.15, 0.2) is 22.8 Å². The third-order valence-electron chi connectivity index (χ3n) is 2.26. The van der Waals surface area contributed by atoms with E-state index in [1.807, 2.05) is 19.1 Å². The van der Waals surface area contributed by atoms with Crippen molar-refractivity contribution in [3.05, 3.63) is 24.2 Å². The Kier molecular flexibility index (Phi) is 4.70. The lowest BCUT2D eigenvalue weighted by molar-refractivity contribution is -0.0654. The smallest absolute Gasteiger partial charge is 0.169 e. The molecule has 1 atom stereocenters. The minimum absolute atomic E-state index is 0.0370. The number of rotatable bonds is 6. The zero-order chi connectivity index (χ0) is 10.4. The highest BCUT2D eigenvalue weighted by atomic mass is 16.5. The van der Waals surface area contributed by atoms with Gasteiger partial charge in [0, 0.05) is 6.61 Å². The Labute approximate surface area is 85.7 Å². The number of nitrogens with zero attached hydrogens (tertiary/aromatic N) is 1.